The second-order valence-electron chi connectivity index (χ2n) is 4.65. The molecular weight excluding hydrogens is 318 g/mol. The summed E-state index contributed by atoms with van der Waals surface area (Å²) in [6.45, 7) is 10.1. The summed E-state index contributed by atoms with van der Waals surface area (Å²) in [4.78, 5) is 0. The van der Waals surface area contributed by atoms with Gasteiger partial charge in [0.05, 0.1) is 17.7 Å². The van der Waals surface area contributed by atoms with Crippen molar-refractivity contribution in [3.63, 3.8) is 0 Å². The number of ether oxygens (including phenoxy) is 3. The Balaban J connectivity index is 0.000000841. The van der Waals surface area contributed by atoms with Crippen molar-refractivity contribution in [3.8, 4) is 11.5 Å². The van der Waals surface area contributed by atoms with Crippen LogP contribution in [0.2, 0.25) is 5.02 Å². The summed E-state index contributed by atoms with van der Waals surface area (Å²) in [5.74, 6) is 1.33. The predicted molar refractivity (Wildman–Crippen MR) is 94.4 cm³/mol. The van der Waals surface area contributed by atoms with Gasteiger partial charge in [0.1, 0.15) is 11.5 Å². The van der Waals surface area contributed by atoms with E-state index in [1.54, 1.807) is 12.1 Å². The van der Waals surface area contributed by atoms with E-state index in [1.807, 2.05) is 26.8 Å². The number of nitrogens with zero attached hydrogens (tertiary/aromatic N) is 1. The Morgan fingerprint density at radius 1 is 1.26 bits per heavy atom. The Morgan fingerprint density at radius 3 is 2.43 bits per heavy atom. The van der Waals surface area contributed by atoms with Crippen molar-refractivity contribution in [1.82, 2.24) is 0 Å². The molecular formula is C17H28ClNO4. The molecule has 0 heterocycles. The molecule has 1 atom stereocenters. The molecule has 0 saturated heterocycles. The predicted octanol–water partition coefficient (Wildman–Crippen LogP) is 4.79. The van der Waals surface area contributed by atoms with E-state index in [9.17, 15) is 0 Å². The fourth-order valence-corrected chi connectivity index (χ4v) is 1.70. The van der Waals surface area contributed by atoms with Crippen LogP contribution in [0.5, 0.6) is 11.5 Å². The van der Waals surface area contributed by atoms with Crippen LogP contribution in [-0.2, 0) is 4.74 Å². The lowest BCUT2D eigenvalue weighted by Crippen LogP contribution is -2.09. The molecule has 1 aromatic rings. The Morgan fingerprint density at radius 2 is 1.96 bits per heavy atom. The lowest BCUT2D eigenvalue weighted by molar-refractivity contribution is 0.162. The van der Waals surface area contributed by atoms with Crippen LogP contribution in [0.4, 0.5) is 0 Å². The highest BCUT2D eigenvalue weighted by Gasteiger charge is 2.06. The average Bonchev–Trinajstić information content (AvgIpc) is 2.54. The molecule has 23 heavy (non-hydrogen) atoms. The van der Waals surface area contributed by atoms with E-state index in [2.05, 4.69) is 12.1 Å². The van der Waals surface area contributed by atoms with Gasteiger partial charge in [-0.15, -0.1) is 5.16 Å². The number of oxime groups is 1. The smallest absolute Gasteiger partial charge is 0.138 e. The SMILES string of the molecule is CCC(C)Oc1ccc(OCCC=NO)c(Cl)c1.CCOCC. The van der Waals surface area contributed by atoms with Gasteiger partial charge in [0.25, 0.3) is 0 Å². The maximum atomic E-state index is 8.23. The van der Waals surface area contributed by atoms with Crippen LogP contribution in [0.1, 0.15) is 40.5 Å². The van der Waals surface area contributed by atoms with Crippen LogP contribution in [0.3, 0.4) is 0 Å². The average molecular weight is 346 g/mol. The Kier molecular flexibility index (Phi) is 13.3. The highest BCUT2D eigenvalue weighted by molar-refractivity contribution is 6.32. The molecule has 0 amide bonds. The molecule has 1 N–H and O–H groups in total. The second-order valence-corrected chi connectivity index (χ2v) is 5.05. The minimum Gasteiger partial charge on any atom is -0.492 e. The molecule has 1 unspecified atom stereocenters. The van der Waals surface area contributed by atoms with E-state index < -0.39 is 0 Å². The Bertz CT molecular complexity index is 439. The molecule has 0 aliphatic carbocycles. The summed E-state index contributed by atoms with van der Waals surface area (Å²) in [5, 5.41) is 11.6. The number of rotatable bonds is 9. The molecule has 0 aromatic heterocycles. The van der Waals surface area contributed by atoms with Crippen LogP contribution in [0, 0.1) is 0 Å². The number of hydrogen-bond donors (Lipinski definition) is 1. The van der Waals surface area contributed by atoms with Crippen molar-refractivity contribution >= 4 is 17.8 Å². The van der Waals surface area contributed by atoms with Gasteiger partial charge in [-0.2, -0.15) is 0 Å². The van der Waals surface area contributed by atoms with Crippen LogP contribution in [-0.4, -0.2) is 37.3 Å². The molecule has 1 aromatic carbocycles. The first-order chi connectivity index (χ1) is 11.1. The van der Waals surface area contributed by atoms with Gasteiger partial charge in [0.15, 0.2) is 0 Å². The number of hydrogen-bond acceptors (Lipinski definition) is 5. The molecule has 0 saturated carbocycles. The van der Waals surface area contributed by atoms with Gasteiger partial charge in [-0.3, -0.25) is 0 Å². The first kappa shape index (κ1) is 21.5. The summed E-state index contributed by atoms with van der Waals surface area (Å²) >= 11 is 6.08. The summed E-state index contributed by atoms with van der Waals surface area (Å²) < 4.78 is 15.9. The summed E-state index contributed by atoms with van der Waals surface area (Å²) in [5.41, 5.74) is 0. The van der Waals surface area contributed by atoms with Gasteiger partial charge in [0.2, 0.25) is 0 Å². The fraction of sp³-hybridized carbons (Fsp3) is 0.588. The molecule has 0 spiro atoms. The van der Waals surface area contributed by atoms with E-state index in [0.717, 1.165) is 25.4 Å². The van der Waals surface area contributed by atoms with Crippen molar-refractivity contribution < 1.29 is 19.4 Å². The number of benzene rings is 1. The van der Waals surface area contributed by atoms with Crippen LogP contribution >= 0.6 is 11.6 Å². The van der Waals surface area contributed by atoms with Crippen LogP contribution in [0.25, 0.3) is 0 Å². The zero-order valence-corrected chi connectivity index (χ0v) is 15.2. The van der Waals surface area contributed by atoms with E-state index in [0.29, 0.717) is 23.8 Å². The van der Waals surface area contributed by atoms with E-state index in [1.165, 1.54) is 6.21 Å². The zero-order chi connectivity index (χ0) is 17.5. The first-order valence-electron chi connectivity index (χ1n) is 7.91. The third-order valence-electron chi connectivity index (χ3n) is 2.81. The second kappa shape index (κ2) is 14.2. The molecule has 5 nitrogen and oxygen atoms in total. The quantitative estimate of drug-likeness (QED) is 0.302. The molecule has 0 radical (unpaired) electrons. The highest BCUT2D eigenvalue weighted by atomic mass is 35.5. The molecule has 0 fully saturated rings. The summed E-state index contributed by atoms with van der Waals surface area (Å²) in [7, 11) is 0. The number of halogens is 1. The summed E-state index contributed by atoms with van der Waals surface area (Å²) in [6, 6.07) is 5.34. The van der Waals surface area contributed by atoms with Gasteiger partial charge >= 0.3 is 0 Å². The van der Waals surface area contributed by atoms with Crippen LogP contribution in [0.15, 0.2) is 23.4 Å². The van der Waals surface area contributed by atoms with Crippen molar-refractivity contribution in [2.45, 2.75) is 46.6 Å². The summed E-state index contributed by atoms with van der Waals surface area (Å²) in [6.07, 6.45) is 3.00. The molecule has 0 aliphatic heterocycles. The minimum absolute atomic E-state index is 0.161. The van der Waals surface area contributed by atoms with Gasteiger partial charge in [-0.05, 0) is 39.3 Å². The first-order valence-corrected chi connectivity index (χ1v) is 8.29. The van der Waals surface area contributed by atoms with Crippen LogP contribution < -0.4 is 9.47 Å². The molecule has 1 rings (SSSR count). The van der Waals surface area contributed by atoms with E-state index in [4.69, 9.17) is 31.0 Å². The maximum absolute atomic E-state index is 8.23. The third-order valence-corrected chi connectivity index (χ3v) is 3.11. The molecule has 0 aliphatic rings. The maximum Gasteiger partial charge on any atom is 0.138 e. The normalized spacial score (nSPS) is 11.7. The lowest BCUT2D eigenvalue weighted by atomic mass is 10.3. The monoisotopic (exact) mass is 345 g/mol. The minimum atomic E-state index is 0.161. The van der Waals surface area contributed by atoms with Crippen molar-refractivity contribution in [1.29, 1.82) is 0 Å². The standard InChI is InChI=1S/C13H18ClNO3.C4H10O/c1-3-10(2)18-11-5-6-13(12(14)9-11)17-8-4-7-15-16;1-3-5-4-2/h5-7,9-10,16H,3-4,8H2,1-2H3;3-4H2,1-2H3. The molecule has 6 heteroatoms. The van der Waals surface area contributed by atoms with Gasteiger partial charge in [-0.1, -0.05) is 18.5 Å². The molecule has 132 valence electrons. The van der Waals surface area contributed by atoms with Gasteiger partial charge < -0.3 is 19.4 Å². The van der Waals surface area contributed by atoms with E-state index >= 15 is 0 Å². The van der Waals surface area contributed by atoms with Gasteiger partial charge in [0, 0.05) is 31.9 Å². The van der Waals surface area contributed by atoms with Gasteiger partial charge in [-0.25, -0.2) is 0 Å². The van der Waals surface area contributed by atoms with Crippen molar-refractivity contribution in [3.05, 3.63) is 23.2 Å². The van der Waals surface area contributed by atoms with Crippen molar-refractivity contribution in [2.75, 3.05) is 19.8 Å². The van der Waals surface area contributed by atoms with Crippen molar-refractivity contribution in [2.24, 2.45) is 5.16 Å². The Hall–Kier alpha value is -1.46. The Labute approximate surface area is 144 Å². The fourth-order valence-electron chi connectivity index (χ4n) is 1.47. The third kappa shape index (κ3) is 10.8. The molecule has 0 bridgehead atoms. The highest BCUT2D eigenvalue weighted by Crippen LogP contribution is 2.29. The zero-order valence-electron chi connectivity index (χ0n) is 14.4. The topological polar surface area (TPSA) is 60.3 Å². The van der Waals surface area contributed by atoms with E-state index in [-0.39, 0.29) is 6.10 Å². The largest absolute Gasteiger partial charge is 0.492 e. The lowest BCUT2D eigenvalue weighted by Gasteiger charge is -2.14.